The number of aromatic amines is 2. The molecule has 81 heavy (non-hydrogen) atoms. The second kappa shape index (κ2) is 24.7. The Hall–Kier alpha value is -10.1. The summed E-state index contributed by atoms with van der Waals surface area (Å²) in [7, 11) is 0. The van der Waals surface area contributed by atoms with Crippen molar-refractivity contribution in [1.29, 1.82) is 0 Å². The molecular weight excluding hydrogens is 1090 g/mol. The number of aromatic nitrogens is 8. The number of halogens is 7. The van der Waals surface area contributed by atoms with Gasteiger partial charge in [-0.05, 0) is 111 Å². The van der Waals surface area contributed by atoms with Gasteiger partial charge in [0, 0.05) is 57.6 Å². The van der Waals surface area contributed by atoms with Gasteiger partial charge in [-0.1, -0.05) is 60.1 Å². The Morgan fingerprint density at radius 3 is 1.52 bits per heavy atom. The maximum absolute atomic E-state index is 13.2. The van der Waals surface area contributed by atoms with Crippen molar-refractivity contribution in [1.82, 2.24) is 40.3 Å². The van der Waals surface area contributed by atoms with Gasteiger partial charge in [-0.2, -0.15) is 46.5 Å². The number of nitrogens with zero attached hydrogens (tertiary/aromatic N) is 6. The highest BCUT2D eigenvalue weighted by atomic mass is 35.5. The molecule has 0 saturated carbocycles. The summed E-state index contributed by atoms with van der Waals surface area (Å²) >= 11 is 5.67. The Morgan fingerprint density at radius 2 is 1.01 bits per heavy atom. The van der Waals surface area contributed by atoms with E-state index in [0.29, 0.717) is 52.6 Å². The van der Waals surface area contributed by atoms with Crippen LogP contribution >= 0.6 is 11.6 Å². The third-order valence-electron chi connectivity index (χ3n) is 11.5. The van der Waals surface area contributed by atoms with E-state index in [2.05, 4.69) is 82.9 Å². The van der Waals surface area contributed by atoms with Gasteiger partial charge in [0.2, 0.25) is 11.9 Å². The summed E-state index contributed by atoms with van der Waals surface area (Å²) in [6.07, 6.45) is -6.44. The van der Waals surface area contributed by atoms with Gasteiger partial charge in [0.25, 0.3) is 0 Å². The molecular formula is C54H49ClF6N16O4. The number of hydrogen-bond donors (Lipinski definition) is 11. The van der Waals surface area contributed by atoms with E-state index in [0.717, 1.165) is 46.3 Å². The molecule has 5 aromatic carbocycles. The zero-order valence-corrected chi connectivity index (χ0v) is 44.1. The number of alkyl halides is 6. The second-order valence-corrected chi connectivity index (χ2v) is 18.3. The lowest BCUT2D eigenvalue weighted by Gasteiger charge is -2.15. The number of aryl methyl sites for hydroxylation is 5. The molecule has 0 aliphatic heterocycles. The summed E-state index contributed by atoms with van der Waals surface area (Å²) in [5, 5.41) is 45.7. The minimum Gasteiger partial charge on any atom is -0.503 e. The lowest BCUT2D eigenvalue weighted by Crippen LogP contribution is -2.20. The third-order valence-corrected chi connectivity index (χ3v) is 11.8. The van der Waals surface area contributed by atoms with Crippen molar-refractivity contribution >= 4 is 93.0 Å². The molecule has 4 aromatic heterocycles. The smallest absolute Gasteiger partial charge is 0.417 e. The summed E-state index contributed by atoms with van der Waals surface area (Å²) < 4.78 is 85.1. The molecule has 0 aliphatic carbocycles. The largest absolute Gasteiger partial charge is 0.503 e. The number of ether oxygens (including phenoxy) is 1. The summed E-state index contributed by atoms with van der Waals surface area (Å²) in [6.45, 7) is 9.02. The number of amides is 4. The first-order valence-corrected chi connectivity index (χ1v) is 24.5. The molecule has 418 valence electrons. The van der Waals surface area contributed by atoms with Crippen LogP contribution in [0.4, 0.5) is 105 Å². The summed E-state index contributed by atoms with van der Waals surface area (Å²) in [5.41, 5.74) is 4.25. The maximum atomic E-state index is 13.2. The lowest BCUT2D eigenvalue weighted by molar-refractivity contribution is -0.138. The SMILES string of the molecule is Cc1cc(Nc2nc(Nc3cc(NC(=O)Nc4ccc(C)c(C(F)(F)F)c4)ccc3C)ncc2O)n[nH]1.Cc1cc(Nc2nc(Nc3cc(NC(=O)Nc4ccc(Cl)c(C(F)(F)F)c4)ccc3C)ncc2OCc2ccccc2)n[nH]1. The van der Waals surface area contributed by atoms with Gasteiger partial charge in [0.05, 0.1) is 28.5 Å². The van der Waals surface area contributed by atoms with Crippen LogP contribution in [-0.4, -0.2) is 57.5 Å². The maximum Gasteiger partial charge on any atom is 0.417 e. The van der Waals surface area contributed by atoms with Crippen molar-refractivity contribution in [3.63, 3.8) is 0 Å². The normalized spacial score (nSPS) is 11.2. The molecule has 0 fully saturated rings. The van der Waals surface area contributed by atoms with Crippen molar-refractivity contribution in [2.75, 3.05) is 42.5 Å². The molecule has 4 amide bonds. The molecule has 0 unspecified atom stereocenters. The monoisotopic (exact) mass is 1130 g/mol. The molecule has 20 nitrogen and oxygen atoms in total. The number of anilines is 12. The minimum absolute atomic E-state index is 0.00511. The molecule has 27 heteroatoms. The topological polar surface area (TPSA) is 269 Å². The number of urea groups is 2. The van der Waals surface area contributed by atoms with Gasteiger partial charge in [0.15, 0.2) is 34.8 Å². The fourth-order valence-corrected chi connectivity index (χ4v) is 7.64. The average Bonchev–Trinajstić information content (AvgIpc) is 4.03. The van der Waals surface area contributed by atoms with Gasteiger partial charge >= 0.3 is 24.4 Å². The van der Waals surface area contributed by atoms with Crippen LogP contribution in [0.3, 0.4) is 0 Å². The summed E-state index contributed by atoms with van der Waals surface area (Å²) in [6, 6.07) is 28.5. The van der Waals surface area contributed by atoms with Crippen molar-refractivity contribution < 1.29 is 45.8 Å². The van der Waals surface area contributed by atoms with Crippen molar-refractivity contribution in [2.24, 2.45) is 0 Å². The molecule has 9 aromatic rings. The first-order chi connectivity index (χ1) is 38.5. The van der Waals surface area contributed by atoms with Gasteiger partial charge in [-0.25, -0.2) is 19.6 Å². The fraction of sp³-hybridized carbons (Fsp3) is 0.148. The predicted molar refractivity (Wildman–Crippen MR) is 297 cm³/mol. The highest BCUT2D eigenvalue weighted by Crippen LogP contribution is 2.37. The van der Waals surface area contributed by atoms with Crippen LogP contribution in [0.2, 0.25) is 5.02 Å². The van der Waals surface area contributed by atoms with E-state index in [1.54, 1.807) is 42.5 Å². The Bertz CT molecular complexity index is 3710. The average molecular weight is 1140 g/mol. The highest BCUT2D eigenvalue weighted by Gasteiger charge is 2.34. The van der Waals surface area contributed by atoms with Gasteiger partial charge in [-0.15, -0.1) is 0 Å². The minimum atomic E-state index is -4.66. The van der Waals surface area contributed by atoms with Crippen LogP contribution in [0.25, 0.3) is 0 Å². The lowest BCUT2D eigenvalue weighted by atomic mass is 10.1. The van der Waals surface area contributed by atoms with E-state index >= 15 is 0 Å². The first kappa shape index (κ1) is 57.1. The van der Waals surface area contributed by atoms with Crippen LogP contribution in [0, 0.1) is 34.6 Å². The predicted octanol–water partition coefficient (Wildman–Crippen LogP) is 14.2. The van der Waals surface area contributed by atoms with Gasteiger partial charge < -0.3 is 52.4 Å². The number of nitrogens with one attached hydrogen (secondary N) is 10. The molecule has 0 saturated heterocycles. The van der Waals surface area contributed by atoms with E-state index in [-0.39, 0.29) is 40.4 Å². The zero-order chi connectivity index (χ0) is 58.0. The second-order valence-electron chi connectivity index (χ2n) is 17.9. The van der Waals surface area contributed by atoms with Crippen LogP contribution in [0.5, 0.6) is 11.5 Å². The Balaban J connectivity index is 0.000000216. The van der Waals surface area contributed by atoms with E-state index in [1.165, 1.54) is 37.5 Å². The summed E-state index contributed by atoms with van der Waals surface area (Å²) in [5.74, 6) is 2.12. The van der Waals surface area contributed by atoms with Gasteiger partial charge in [-0.3, -0.25) is 10.2 Å². The van der Waals surface area contributed by atoms with Crippen LogP contribution in [0.15, 0.2) is 128 Å². The molecule has 0 bridgehead atoms. The van der Waals surface area contributed by atoms with Crippen molar-refractivity contribution in [2.45, 2.75) is 53.6 Å². The summed E-state index contributed by atoms with van der Waals surface area (Å²) in [4.78, 5) is 42.4. The molecule has 0 radical (unpaired) electrons. The molecule has 0 aliphatic rings. The number of H-pyrrole nitrogens is 2. The molecule has 0 spiro atoms. The van der Waals surface area contributed by atoms with E-state index < -0.39 is 40.6 Å². The quantitative estimate of drug-likeness (QED) is 0.0427. The van der Waals surface area contributed by atoms with E-state index in [4.69, 9.17) is 16.3 Å². The van der Waals surface area contributed by atoms with Crippen LogP contribution in [-0.2, 0) is 19.0 Å². The number of hydrogen-bond acceptors (Lipinski definition) is 14. The van der Waals surface area contributed by atoms with Crippen molar-refractivity contribution in [3.8, 4) is 11.5 Å². The molecule has 9 rings (SSSR count). The standard InChI is InChI=1S/C30H26ClF3N8O2.C24H23F3N8O2/c1-17-8-9-21(37-29(43)36-20-10-11-23(31)22(13-20)30(32,33)34)14-24(17)38-28-35-15-25(44-16-19-6-4-3-5-7-19)27(40-28)39-26-12-18(2)41-42-26;1-12-4-6-15(9-17(12)24(25,26)27)29-23(37)30-16-7-5-13(2)18(10-16)31-22-28-11-19(36)21(33-22)32-20-8-14(3)34-35-20/h3-15H,16H2,1-2H3,(H2,36,37,43)(H3,35,38,39,40,41,42);4-11,36H,1-3H3,(H2,29,30,37)(H3,28,31,32,33,34,35). The number of aromatic hydroxyl groups is 1. The fourth-order valence-electron chi connectivity index (χ4n) is 7.42. The number of carbonyl (C=O) groups is 2. The Morgan fingerprint density at radius 1 is 0.556 bits per heavy atom. The molecule has 0 atom stereocenters. The molecule has 11 N–H and O–H groups in total. The third kappa shape index (κ3) is 15.8. The number of carbonyl (C=O) groups excluding carboxylic acids is 2. The highest BCUT2D eigenvalue weighted by molar-refractivity contribution is 6.31. The number of benzene rings is 5. The zero-order valence-electron chi connectivity index (χ0n) is 43.3. The van der Waals surface area contributed by atoms with Gasteiger partial charge in [0.1, 0.15) is 6.61 Å². The van der Waals surface area contributed by atoms with Crippen LogP contribution < -0.4 is 47.3 Å². The number of rotatable bonds is 15. The van der Waals surface area contributed by atoms with Crippen molar-refractivity contribution in [3.05, 3.63) is 177 Å². The first-order valence-electron chi connectivity index (χ1n) is 24.1. The molecule has 4 heterocycles. The van der Waals surface area contributed by atoms with E-state index in [9.17, 15) is 41.0 Å². The van der Waals surface area contributed by atoms with E-state index in [1.807, 2.05) is 64.1 Å². The Kier molecular flexibility index (Phi) is 17.4. The van der Waals surface area contributed by atoms with Crippen LogP contribution in [0.1, 0.15) is 44.8 Å². The Labute approximate surface area is 462 Å².